The number of aliphatic hydroxyl groups excluding tert-OH is 1. The molecule has 0 fully saturated rings. The normalized spacial score (nSPS) is 14.7. The molecule has 0 aromatic heterocycles. The first-order chi connectivity index (χ1) is 7.74. The fourth-order valence-corrected chi connectivity index (χ4v) is 1.52. The van der Waals surface area contributed by atoms with E-state index in [1.807, 2.05) is 30.3 Å². The zero-order chi connectivity index (χ0) is 11.8. The summed E-state index contributed by atoms with van der Waals surface area (Å²) in [6.45, 7) is 5.43. The fraction of sp³-hybridized carbons (Fsp3) is 0.571. The van der Waals surface area contributed by atoms with Crippen LogP contribution in [0.2, 0.25) is 0 Å². The largest absolute Gasteiger partial charge is 0.393 e. The Balaban J connectivity index is 2.13. The summed E-state index contributed by atoms with van der Waals surface area (Å²) in [7, 11) is 0. The number of rotatable bonds is 7. The van der Waals surface area contributed by atoms with Gasteiger partial charge in [0.1, 0.15) is 0 Å². The number of hydrogen-bond acceptors (Lipinski definition) is 2. The van der Waals surface area contributed by atoms with E-state index in [1.165, 1.54) is 5.56 Å². The van der Waals surface area contributed by atoms with Crippen LogP contribution in [-0.4, -0.2) is 17.8 Å². The predicted octanol–water partition coefficient (Wildman–Crippen LogP) is 3.00. The van der Waals surface area contributed by atoms with Crippen molar-refractivity contribution in [2.45, 2.75) is 39.4 Å². The zero-order valence-electron chi connectivity index (χ0n) is 10.2. The number of aliphatic hydroxyl groups is 1. The minimum Gasteiger partial charge on any atom is -0.393 e. The minimum absolute atomic E-state index is 0.235. The maximum Gasteiger partial charge on any atom is 0.0716 e. The molecular formula is C14H22O2. The molecule has 0 saturated heterocycles. The highest BCUT2D eigenvalue weighted by Crippen LogP contribution is 2.11. The molecule has 1 rings (SSSR count). The van der Waals surface area contributed by atoms with Crippen molar-refractivity contribution >= 4 is 0 Å². The van der Waals surface area contributed by atoms with Crippen molar-refractivity contribution in [3.8, 4) is 0 Å². The van der Waals surface area contributed by atoms with Gasteiger partial charge in [0, 0.05) is 6.61 Å². The highest BCUT2D eigenvalue weighted by Gasteiger charge is 2.11. The van der Waals surface area contributed by atoms with Gasteiger partial charge in [0.15, 0.2) is 0 Å². The Morgan fingerprint density at radius 3 is 2.56 bits per heavy atom. The molecule has 0 radical (unpaired) electrons. The maximum atomic E-state index is 9.73. The Morgan fingerprint density at radius 2 is 1.94 bits per heavy atom. The average molecular weight is 222 g/mol. The molecule has 16 heavy (non-hydrogen) atoms. The second-order valence-corrected chi connectivity index (χ2v) is 4.28. The monoisotopic (exact) mass is 222 g/mol. The SMILES string of the molecule is CCC(C)C(O)CCOCc1ccccc1. The van der Waals surface area contributed by atoms with Gasteiger partial charge in [0.2, 0.25) is 0 Å². The molecule has 2 heteroatoms. The van der Waals surface area contributed by atoms with Crippen molar-refractivity contribution in [3.63, 3.8) is 0 Å². The lowest BCUT2D eigenvalue weighted by molar-refractivity contribution is 0.0485. The van der Waals surface area contributed by atoms with Crippen LogP contribution in [0.1, 0.15) is 32.3 Å². The Kier molecular flexibility index (Phi) is 6.12. The van der Waals surface area contributed by atoms with Crippen LogP contribution >= 0.6 is 0 Å². The van der Waals surface area contributed by atoms with E-state index >= 15 is 0 Å². The summed E-state index contributed by atoms with van der Waals surface area (Å²) < 4.78 is 5.53. The molecule has 0 aliphatic heterocycles. The molecule has 0 spiro atoms. The van der Waals surface area contributed by atoms with E-state index in [2.05, 4.69) is 13.8 Å². The lowest BCUT2D eigenvalue weighted by Crippen LogP contribution is -2.18. The third kappa shape index (κ3) is 4.77. The van der Waals surface area contributed by atoms with Crippen molar-refractivity contribution in [2.75, 3.05) is 6.61 Å². The molecule has 0 saturated carbocycles. The number of hydrogen-bond donors (Lipinski definition) is 1. The summed E-state index contributed by atoms with van der Waals surface area (Å²) in [4.78, 5) is 0. The molecule has 2 nitrogen and oxygen atoms in total. The molecule has 0 amide bonds. The third-order valence-corrected chi connectivity index (χ3v) is 2.97. The predicted molar refractivity (Wildman–Crippen MR) is 66.2 cm³/mol. The molecule has 0 aliphatic carbocycles. The van der Waals surface area contributed by atoms with Gasteiger partial charge in [-0.2, -0.15) is 0 Å². The van der Waals surface area contributed by atoms with Crippen LogP contribution in [0.4, 0.5) is 0 Å². The van der Waals surface area contributed by atoms with Gasteiger partial charge in [0.05, 0.1) is 12.7 Å². The summed E-state index contributed by atoms with van der Waals surface area (Å²) in [5, 5.41) is 9.73. The summed E-state index contributed by atoms with van der Waals surface area (Å²) in [6, 6.07) is 10.1. The Labute approximate surface area is 98.3 Å². The van der Waals surface area contributed by atoms with Gasteiger partial charge in [-0.25, -0.2) is 0 Å². The maximum absolute atomic E-state index is 9.73. The lowest BCUT2D eigenvalue weighted by Gasteiger charge is -2.16. The van der Waals surface area contributed by atoms with Gasteiger partial charge in [-0.15, -0.1) is 0 Å². The van der Waals surface area contributed by atoms with Gasteiger partial charge >= 0.3 is 0 Å². The molecule has 0 aliphatic rings. The zero-order valence-corrected chi connectivity index (χ0v) is 10.2. The number of ether oxygens (including phenoxy) is 1. The Morgan fingerprint density at radius 1 is 1.25 bits per heavy atom. The molecule has 90 valence electrons. The van der Waals surface area contributed by atoms with E-state index < -0.39 is 0 Å². The standard InChI is InChI=1S/C14H22O2/c1-3-12(2)14(15)9-10-16-11-13-7-5-4-6-8-13/h4-8,12,14-15H,3,9-11H2,1-2H3. The van der Waals surface area contributed by atoms with Gasteiger partial charge in [-0.3, -0.25) is 0 Å². The van der Waals surface area contributed by atoms with E-state index in [0.717, 1.165) is 12.8 Å². The Bertz CT molecular complexity index is 271. The van der Waals surface area contributed by atoms with E-state index in [1.54, 1.807) is 0 Å². The highest BCUT2D eigenvalue weighted by atomic mass is 16.5. The fourth-order valence-electron chi connectivity index (χ4n) is 1.52. The van der Waals surface area contributed by atoms with Crippen molar-refractivity contribution in [3.05, 3.63) is 35.9 Å². The van der Waals surface area contributed by atoms with Gasteiger partial charge in [-0.05, 0) is 17.9 Å². The van der Waals surface area contributed by atoms with Gasteiger partial charge in [0.25, 0.3) is 0 Å². The highest BCUT2D eigenvalue weighted by molar-refractivity contribution is 5.13. The van der Waals surface area contributed by atoms with E-state index in [-0.39, 0.29) is 6.10 Å². The van der Waals surface area contributed by atoms with Crippen LogP contribution in [0.25, 0.3) is 0 Å². The average Bonchev–Trinajstić information content (AvgIpc) is 2.34. The molecular weight excluding hydrogens is 200 g/mol. The Hall–Kier alpha value is -0.860. The first kappa shape index (κ1) is 13.2. The second-order valence-electron chi connectivity index (χ2n) is 4.28. The van der Waals surface area contributed by atoms with Gasteiger partial charge < -0.3 is 9.84 Å². The second kappa shape index (κ2) is 7.42. The van der Waals surface area contributed by atoms with Crippen LogP contribution in [0, 0.1) is 5.92 Å². The molecule has 1 N–H and O–H groups in total. The van der Waals surface area contributed by atoms with Crippen LogP contribution in [0.3, 0.4) is 0 Å². The first-order valence-electron chi connectivity index (χ1n) is 6.03. The smallest absolute Gasteiger partial charge is 0.0716 e. The lowest BCUT2D eigenvalue weighted by atomic mass is 10.00. The van der Waals surface area contributed by atoms with E-state index in [9.17, 15) is 5.11 Å². The number of benzene rings is 1. The first-order valence-corrected chi connectivity index (χ1v) is 6.03. The van der Waals surface area contributed by atoms with E-state index in [4.69, 9.17) is 4.74 Å². The summed E-state index contributed by atoms with van der Waals surface area (Å²) in [5.74, 6) is 0.361. The molecule has 2 unspecified atom stereocenters. The van der Waals surface area contributed by atoms with Gasteiger partial charge in [-0.1, -0.05) is 50.6 Å². The van der Waals surface area contributed by atoms with Crippen molar-refractivity contribution in [1.29, 1.82) is 0 Å². The summed E-state index contributed by atoms with van der Waals surface area (Å²) >= 11 is 0. The molecule has 1 aromatic rings. The summed E-state index contributed by atoms with van der Waals surface area (Å²) in [6.07, 6.45) is 1.50. The van der Waals surface area contributed by atoms with E-state index in [0.29, 0.717) is 19.1 Å². The quantitative estimate of drug-likeness (QED) is 0.719. The van der Waals surface area contributed by atoms with Crippen molar-refractivity contribution in [2.24, 2.45) is 5.92 Å². The minimum atomic E-state index is -0.235. The molecule has 0 bridgehead atoms. The van der Waals surface area contributed by atoms with Crippen LogP contribution in [0.15, 0.2) is 30.3 Å². The van der Waals surface area contributed by atoms with Crippen molar-refractivity contribution < 1.29 is 9.84 Å². The third-order valence-electron chi connectivity index (χ3n) is 2.97. The van der Waals surface area contributed by atoms with Crippen LogP contribution in [0.5, 0.6) is 0 Å². The van der Waals surface area contributed by atoms with Crippen LogP contribution in [-0.2, 0) is 11.3 Å². The molecule has 2 atom stereocenters. The summed E-state index contributed by atoms with van der Waals surface area (Å²) in [5.41, 5.74) is 1.18. The molecule has 1 aromatic carbocycles. The van der Waals surface area contributed by atoms with Crippen molar-refractivity contribution in [1.82, 2.24) is 0 Å². The molecule has 0 heterocycles. The van der Waals surface area contributed by atoms with Crippen LogP contribution < -0.4 is 0 Å². The topological polar surface area (TPSA) is 29.5 Å².